The molecule has 7 fully saturated rings. The number of hydrogen-bond donors (Lipinski definition) is 0. The summed E-state index contributed by atoms with van der Waals surface area (Å²) in [5.74, 6) is 1.87. The zero-order chi connectivity index (χ0) is 30.7. The highest BCUT2D eigenvalue weighted by Crippen LogP contribution is 2.68. The average molecular weight is 615 g/mol. The van der Waals surface area contributed by atoms with Gasteiger partial charge in [0.25, 0.3) is 0 Å². The second kappa shape index (κ2) is 8.94. The van der Waals surface area contributed by atoms with Gasteiger partial charge in [-0.25, -0.2) is 0 Å². The molecular formula is C40H46N4O2. The molecule has 6 heteroatoms. The topological polar surface area (TPSA) is 39.3 Å². The van der Waals surface area contributed by atoms with E-state index in [0.29, 0.717) is 35.9 Å². The second-order valence-corrected chi connectivity index (χ2v) is 16.2. The van der Waals surface area contributed by atoms with Crippen molar-refractivity contribution in [2.24, 2.45) is 23.7 Å². The van der Waals surface area contributed by atoms with E-state index in [1.54, 1.807) is 16.7 Å². The molecule has 2 aromatic carbocycles. The summed E-state index contributed by atoms with van der Waals surface area (Å²) in [6.07, 6.45) is 9.58. The SMILES string of the molecule is C/C=C1\CN2CC[C@]34c5ccccc5N5[C@@H]([C@H]6[C@@H]7N(C(C)=O)c8ccccc8[C@@]78CCN7C/C(=C\C)[C@@H]6C[C@H]78)OC[C@@H]([C@H]53)[C@H]1C[C@H]24. The van der Waals surface area contributed by atoms with E-state index in [-0.39, 0.29) is 34.9 Å². The molecule has 6 nitrogen and oxygen atoms in total. The van der Waals surface area contributed by atoms with Crippen molar-refractivity contribution in [2.45, 2.75) is 87.7 Å². The lowest BCUT2D eigenvalue weighted by atomic mass is 9.53. The molecule has 0 N–H and O–H groups in total. The predicted octanol–water partition coefficient (Wildman–Crippen LogP) is 5.48. The van der Waals surface area contributed by atoms with E-state index in [1.807, 2.05) is 6.92 Å². The van der Waals surface area contributed by atoms with Crippen molar-refractivity contribution in [3.05, 3.63) is 83.0 Å². The normalized spacial score (nSPS) is 46.0. The molecule has 2 aromatic rings. The highest BCUT2D eigenvalue weighted by molar-refractivity contribution is 5.96. The first-order valence-electron chi connectivity index (χ1n) is 18.2. The van der Waals surface area contributed by atoms with E-state index in [0.717, 1.165) is 44.8 Å². The van der Waals surface area contributed by atoms with Crippen molar-refractivity contribution in [1.29, 1.82) is 0 Å². The van der Waals surface area contributed by atoms with Gasteiger partial charge in [0, 0.05) is 72.2 Å². The lowest BCUT2D eigenvalue weighted by Crippen LogP contribution is -2.73. The molecule has 2 saturated carbocycles. The van der Waals surface area contributed by atoms with Gasteiger partial charge in [-0.2, -0.15) is 0 Å². The van der Waals surface area contributed by atoms with Gasteiger partial charge in [0.15, 0.2) is 0 Å². The van der Waals surface area contributed by atoms with Crippen LogP contribution in [-0.2, 0) is 20.4 Å². The molecular weight excluding hydrogens is 568 g/mol. The van der Waals surface area contributed by atoms with E-state index in [4.69, 9.17) is 4.74 Å². The van der Waals surface area contributed by atoms with Crippen LogP contribution in [0.3, 0.4) is 0 Å². The Hall–Kier alpha value is -2.93. The maximum absolute atomic E-state index is 14.0. The van der Waals surface area contributed by atoms with Gasteiger partial charge in [-0.1, -0.05) is 59.7 Å². The van der Waals surface area contributed by atoms with Crippen molar-refractivity contribution in [1.82, 2.24) is 9.80 Å². The van der Waals surface area contributed by atoms with Crippen LogP contribution in [0.1, 0.15) is 57.6 Å². The Morgan fingerprint density at radius 3 is 2.07 bits per heavy atom. The summed E-state index contributed by atoms with van der Waals surface area (Å²) in [6.45, 7) is 11.6. The number of allylic oxidation sites excluding steroid dienone is 2. The molecule has 0 unspecified atom stereocenters. The van der Waals surface area contributed by atoms with Crippen LogP contribution in [0.25, 0.3) is 0 Å². The molecule has 9 aliphatic rings. The van der Waals surface area contributed by atoms with Gasteiger partial charge < -0.3 is 14.5 Å². The van der Waals surface area contributed by atoms with Gasteiger partial charge in [0.1, 0.15) is 6.23 Å². The molecule has 11 atom stereocenters. The largest absolute Gasteiger partial charge is 0.358 e. The number of piperidine rings is 2. The number of carbonyl (C=O) groups excluding carboxylic acids is 1. The molecule has 0 radical (unpaired) electrons. The van der Waals surface area contributed by atoms with Crippen LogP contribution in [-0.4, -0.2) is 78.9 Å². The Balaban J connectivity index is 1.14. The van der Waals surface area contributed by atoms with Crippen LogP contribution in [0.2, 0.25) is 0 Å². The van der Waals surface area contributed by atoms with Gasteiger partial charge in [-0.3, -0.25) is 14.6 Å². The molecule has 4 bridgehead atoms. The van der Waals surface area contributed by atoms with Gasteiger partial charge in [-0.05, 0) is 87.7 Å². The summed E-state index contributed by atoms with van der Waals surface area (Å²) >= 11 is 0. The van der Waals surface area contributed by atoms with E-state index in [9.17, 15) is 4.79 Å². The number of anilines is 2. The van der Waals surface area contributed by atoms with Crippen LogP contribution in [0.5, 0.6) is 0 Å². The second-order valence-electron chi connectivity index (χ2n) is 16.2. The summed E-state index contributed by atoms with van der Waals surface area (Å²) < 4.78 is 7.49. The monoisotopic (exact) mass is 614 g/mol. The van der Waals surface area contributed by atoms with Crippen LogP contribution in [0.15, 0.2) is 71.8 Å². The average Bonchev–Trinajstić information content (AvgIpc) is 3.83. The predicted molar refractivity (Wildman–Crippen MR) is 180 cm³/mol. The molecule has 11 rings (SSSR count). The Kier molecular flexibility index (Phi) is 5.26. The summed E-state index contributed by atoms with van der Waals surface area (Å²) in [6, 6.07) is 20.0. The minimum absolute atomic E-state index is 0.0504. The lowest BCUT2D eigenvalue weighted by molar-refractivity contribution is -0.129. The fraction of sp³-hybridized carbons (Fsp3) is 0.575. The zero-order valence-electron chi connectivity index (χ0n) is 27.4. The highest BCUT2D eigenvalue weighted by Gasteiger charge is 2.73. The third kappa shape index (κ3) is 2.85. The molecule has 7 heterocycles. The molecule has 46 heavy (non-hydrogen) atoms. The Bertz CT molecular complexity index is 1750. The fourth-order valence-electron chi connectivity index (χ4n) is 13.9. The highest BCUT2D eigenvalue weighted by atomic mass is 16.5. The first kappa shape index (κ1) is 27.1. The summed E-state index contributed by atoms with van der Waals surface area (Å²) in [7, 11) is 0. The number of benzene rings is 2. The summed E-state index contributed by atoms with van der Waals surface area (Å²) in [5.41, 5.74) is 8.89. The lowest BCUT2D eigenvalue weighted by Gasteiger charge is -2.63. The zero-order valence-corrected chi connectivity index (χ0v) is 27.4. The summed E-state index contributed by atoms with van der Waals surface area (Å²) in [5, 5.41) is 0. The molecule has 2 aliphatic carbocycles. The minimum atomic E-state index is -0.0604. The molecule has 238 valence electrons. The number of amides is 1. The molecule has 7 aliphatic heterocycles. The number of carbonyl (C=O) groups is 1. The Morgan fingerprint density at radius 1 is 0.804 bits per heavy atom. The number of fused-ring (bicyclic) bond motifs is 6. The van der Waals surface area contributed by atoms with Gasteiger partial charge in [0.2, 0.25) is 5.91 Å². The van der Waals surface area contributed by atoms with Gasteiger partial charge >= 0.3 is 0 Å². The van der Waals surface area contributed by atoms with E-state index < -0.39 is 0 Å². The molecule has 5 saturated heterocycles. The first-order chi connectivity index (χ1) is 22.5. The number of hydrogen-bond acceptors (Lipinski definition) is 5. The van der Waals surface area contributed by atoms with Gasteiger partial charge in [0.05, 0.1) is 12.6 Å². The van der Waals surface area contributed by atoms with Crippen molar-refractivity contribution in [3.63, 3.8) is 0 Å². The standard InChI is InChI=1S/C40H46N4O2/c1-4-24-20-41-16-14-39-30-11-7-9-13-32(30)44-36(39)28(26(24)18-33(39)41)22-46-38(44)35-27-19-34-40(15-17-42(34)21-25(27)5-2)29-10-6-8-12-31(29)43(23(3)45)37(35)40/h4-13,26-28,33-38H,14-22H2,1-3H3/b24-4+,25-5+/t26-,27-,28+,33-,34-,35+,36-,37-,38+,39+,40+/m0/s1. The van der Waals surface area contributed by atoms with Crippen LogP contribution < -0.4 is 9.80 Å². The van der Waals surface area contributed by atoms with E-state index in [2.05, 4.69) is 94.1 Å². The Labute approximate surface area is 273 Å². The Morgan fingerprint density at radius 2 is 1.39 bits per heavy atom. The maximum atomic E-state index is 14.0. The van der Waals surface area contributed by atoms with Crippen molar-refractivity contribution in [3.8, 4) is 0 Å². The number of nitrogens with zero attached hydrogens (tertiary/aromatic N) is 4. The van der Waals surface area contributed by atoms with Crippen LogP contribution in [0.4, 0.5) is 11.4 Å². The first-order valence-corrected chi connectivity index (χ1v) is 18.2. The smallest absolute Gasteiger partial charge is 0.224 e. The fourth-order valence-corrected chi connectivity index (χ4v) is 13.9. The number of ether oxygens (including phenoxy) is 1. The maximum Gasteiger partial charge on any atom is 0.224 e. The third-order valence-corrected chi connectivity index (χ3v) is 15.3. The van der Waals surface area contributed by atoms with Crippen molar-refractivity contribution < 1.29 is 9.53 Å². The molecule has 2 spiro atoms. The van der Waals surface area contributed by atoms with Crippen LogP contribution >= 0.6 is 0 Å². The molecule has 1 amide bonds. The molecule has 0 aromatic heterocycles. The van der Waals surface area contributed by atoms with Crippen LogP contribution in [0, 0.1) is 23.7 Å². The third-order valence-electron chi connectivity index (χ3n) is 15.3. The van der Waals surface area contributed by atoms with E-state index >= 15 is 0 Å². The van der Waals surface area contributed by atoms with E-state index in [1.165, 1.54) is 30.6 Å². The van der Waals surface area contributed by atoms with Gasteiger partial charge in [-0.15, -0.1) is 0 Å². The quantitative estimate of drug-likeness (QED) is 0.398. The minimum Gasteiger partial charge on any atom is -0.358 e. The van der Waals surface area contributed by atoms with Crippen molar-refractivity contribution in [2.75, 3.05) is 42.6 Å². The number of rotatable bonds is 1. The van der Waals surface area contributed by atoms with Crippen molar-refractivity contribution >= 4 is 17.3 Å². The number of para-hydroxylation sites is 2. The summed E-state index contributed by atoms with van der Waals surface area (Å²) in [4.78, 5) is 24.7.